The highest BCUT2D eigenvalue weighted by Gasteiger charge is 2.24. The number of hydrogen-bond acceptors (Lipinski definition) is 6. The number of nitrogens with zero attached hydrogens (tertiary/aromatic N) is 3. The summed E-state index contributed by atoms with van der Waals surface area (Å²) in [7, 11) is 1.56. The van der Waals surface area contributed by atoms with E-state index in [1.54, 1.807) is 25.4 Å². The summed E-state index contributed by atoms with van der Waals surface area (Å²) in [5.41, 5.74) is 3.54. The van der Waals surface area contributed by atoms with Gasteiger partial charge in [-0.05, 0) is 53.8 Å². The topological polar surface area (TPSA) is 107 Å². The van der Waals surface area contributed by atoms with Gasteiger partial charge in [-0.1, -0.05) is 19.1 Å². The minimum Gasteiger partial charge on any atom is -0.496 e. The molecule has 0 saturated heterocycles. The summed E-state index contributed by atoms with van der Waals surface area (Å²) in [6.45, 7) is 3.67. The molecule has 1 aromatic carbocycles. The smallest absolute Gasteiger partial charge is 0.317 e. The fraction of sp³-hybridized carbons (Fsp3) is 0.333. The van der Waals surface area contributed by atoms with E-state index in [4.69, 9.17) is 10.00 Å². The lowest BCUT2D eigenvalue weighted by Crippen LogP contribution is -2.43. The quantitative estimate of drug-likeness (QED) is 0.472. The van der Waals surface area contributed by atoms with E-state index in [0.717, 1.165) is 27.6 Å². The standard InChI is InChI=1S/C27H29N5O3S/c1-18(22-7-6-19(16-28)14-23(22)35-2)13-25(33)31-26-15-20-9-12-32(17-24(20)36-26)27(34)30-11-8-21-5-3-4-10-29-21/h3-7,10,14-15,18H,8-9,11-13,17H2,1-2H3,(H,30,34)(H,31,33). The van der Waals surface area contributed by atoms with E-state index in [1.807, 2.05) is 42.2 Å². The van der Waals surface area contributed by atoms with Crippen LogP contribution in [-0.4, -0.2) is 42.0 Å². The number of thiophene rings is 1. The van der Waals surface area contributed by atoms with Crippen molar-refractivity contribution in [1.29, 1.82) is 5.26 Å². The van der Waals surface area contributed by atoms with Crippen molar-refractivity contribution in [2.45, 2.75) is 38.6 Å². The molecule has 0 spiro atoms. The molecule has 4 rings (SSSR count). The first-order chi connectivity index (χ1) is 17.5. The molecule has 3 aromatic rings. The lowest BCUT2D eigenvalue weighted by molar-refractivity contribution is -0.116. The molecule has 0 bridgehead atoms. The van der Waals surface area contributed by atoms with Crippen molar-refractivity contribution < 1.29 is 14.3 Å². The second-order valence-corrected chi connectivity index (χ2v) is 9.89. The predicted octanol–water partition coefficient (Wildman–Crippen LogP) is 4.47. The highest BCUT2D eigenvalue weighted by Crippen LogP contribution is 2.33. The minimum atomic E-state index is -0.0865. The molecule has 9 heteroatoms. The maximum Gasteiger partial charge on any atom is 0.317 e. The third kappa shape index (κ3) is 6.20. The Labute approximate surface area is 214 Å². The second kappa shape index (κ2) is 11.7. The Bertz CT molecular complexity index is 1270. The summed E-state index contributed by atoms with van der Waals surface area (Å²) in [5.74, 6) is 0.448. The number of nitriles is 1. The molecule has 1 atom stereocenters. The zero-order valence-electron chi connectivity index (χ0n) is 20.4. The Morgan fingerprint density at radius 1 is 1.28 bits per heavy atom. The van der Waals surface area contributed by atoms with Gasteiger partial charge in [0, 0.05) is 42.7 Å². The van der Waals surface area contributed by atoms with Crippen LogP contribution in [0.3, 0.4) is 0 Å². The zero-order chi connectivity index (χ0) is 25.5. The maximum atomic E-state index is 12.8. The first kappa shape index (κ1) is 25.2. The zero-order valence-corrected chi connectivity index (χ0v) is 21.2. The number of pyridine rings is 1. The molecule has 0 radical (unpaired) electrons. The highest BCUT2D eigenvalue weighted by atomic mass is 32.1. The summed E-state index contributed by atoms with van der Waals surface area (Å²) in [5, 5.41) is 15.9. The fourth-order valence-corrected chi connectivity index (χ4v) is 5.42. The van der Waals surface area contributed by atoms with Crippen LogP contribution in [0.1, 0.15) is 46.5 Å². The van der Waals surface area contributed by atoms with Gasteiger partial charge in [-0.15, -0.1) is 11.3 Å². The summed E-state index contributed by atoms with van der Waals surface area (Å²) in [4.78, 5) is 32.6. The lowest BCUT2D eigenvalue weighted by Gasteiger charge is -2.26. The number of hydrogen-bond donors (Lipinski definition) is 2. The molecular weight excluding hydrogens is 474 g/mol. The molecular formula is C27H29N5O3S. The molecule has 186 valence electrons. The number of nitrogens with one attached hydrogen (secondary N) is 2. The molecule has 0 aliphatic carbocycles. The number of ether oxygens (including phenoxy) is 1. The molecule has 0 fully saturated rings. The van der Waals surface area contributed by atoms with E-state index < -0.39 is 0 Å². The van der Waals surface area contributed by atoms with Crippen LogP contribution >= 0.6 is 11.3 Å². The van der Waals surface area contributed by atoms with Crippen molar-refractivity contribution in [1.82, 2.24) is 15.2 Å². The Morgan fingerprint density at radius 2 is 2.14 bits per heavy atom. The van der Waals surface area contributed by atoms with Crippen molar-refractivity contribution in [3.63, 3.8) is 0 Å². The van der Waals surface area contributed by atoms with Gasteiger partial charge in [0.25, 0.3) is 0 Å². The molecule has 2 N–H and O–H groups in total. The molecule has 1 unspecified atom stereocenters. The van der Waals surface area contributed by atoms with Gasteiger partial charge in [0.05, 0.1) is 30.3 Å². The van der Waals surface area contributed by atoms with Crippen LogP contribution in [0.5, 0.6) is 5.75 Å². The van der Waals surface area contributed by atoms with E-state index in [-0.39, 0.29) is 24.3 Å². The average molecular weight is 504 g/mol. The van der Waals surface area contributed by atoms with E-state index in [1.165, 1.54) is 16.9 Å². The molecule has 3 heterocycles. The lowest BCUT2D eigenvalue weighted by atomic mass is 9.95. The number of aromatic nitrogens is 1. The van der Waals surface area contributed by atoms with Crippen LogP contribution < -0.4 is 15.4 Å². The number of rotatable bonds is 8. The SMILES string of the molecule is COc1cc(C#N)ccc1C(C)CC(=O)Nc1cc2c(s1)CN(C(=O)NCCc1ccccn1)CC2. The Hall–Kier alpha value is -3.90. The molecule has 36 heavy (non-hydrogen) atoms. The van der Waals surface area contributed by atoms with Gasteiger partial charge in [-0.3, -0.25) is 9.78 Å². The molecule has 2 aromatic heterocycles. The van der Waals surface area contributed by atoms with Crippen molar-refractivity contribution in [3.05, 3.63) is 75.9 Å². The van der Waals surface area contributed by atoms with Crippen LogP contribution in [0.2, 0.25) is 0 Å². The maximum absolute atomic E-state index is 12.8. The van der Waals surface area contributed by atoms with Gasteiger partial charge >= 0.3 is 6.03 Å². The normalized spacial score (nSPS) is 13.3. The molecule has 0 saturated carbocycles. The Kier molecular flexibility index (Phi) is 8.18. The van der Waals surface area contributed by atoms with Gasteiger partial charge in [-0.25, -0.2) is 4.79 Å². The number of amides is 3. The van der Waals surface area contributed by atoms with E-state index >= 15 is 0 Å². The Morgan fingerprint density at radius 3 is 2.89 bits per heavy atom. The number of urea groups is 1. The summed E-state index contributed by atoms with van der Waals surface area (Å²) in [6, 6.07) is 15.1. The monoisotopic (exact) mass is 503 g/mol. The largest absolute Gasteiger partial charge is 0.496 e. The summed E-state index contributed by atoms with van der Waals surface area (Å²) < 4.78 is 5.42. The fourth-order valence-electron chi connectivity index (χ4n) is 4.27. The molecule has 8 nitrogen and oxygen atoms in total. The van der Waals surface area contributed by atoms with Crippen molar-refractivity contribution in [2.75, 3.05) is 25.5 Å². The number of carbonyl (C=O) groups excluding carboxylic acids is 2. The second-order valence-electron chi connectivity index (χ2n) is 8.76. The predicted molar refractivity (Wildman–Crippen MR) is 139 cm³/mol. The van der Waals surface area contributed by atoms with Gasteiger partial charge in [0.15, 0.2) is 0 Å². The van der Waals surface area contributed by atoms with Gasteiger partial charge < -0.3 is 20.3 Å². The molecule has 3 amide bonds. The van der Waals surface area contributed by atoms with Crippen LogP contribution in [0.15, 0.2) is 48.7 Å². The number of benzene rings is 1. The number of fused-ring (bicyclic) bond motifs is 1. The Balaban J connectivity index is 1.29. The average Bonchev–Trinajstić information content (AvgIpc) is 3.29. The van der Waals surface area contributed by atoms with Crippen molar-refractivity contribution in [2.24, 2.45) is 0 Å². The van der Waals surface area contributed by atoms with E-state index in [0.29, 0.717) is 37.4 Å². The number of anilines is 1. The third-order valence-electron chi connectivity index (χ3n) is 6.20. The number of methoxy groups -OCH3 is 1. The van der Waals surface area contributed by atoms with Gasteiger partial charge in [-0.2, -0.15) is 5.26 Å². The number of carbonyl (C=O) groups is 2. The van der Waals surface area contributed by atoms with Crippen LogP contribution in [0.25, 0.3) is 0 Å². The van der Waals surface area contributed by atoms with E-state index in [2.05, 4.69) is 21.7 Å². The first-order valence-electron chi connectivity index (χ1n) is 11.9. The van der Waals surface area contributed by atoms with Gasteiger partial charge in [0.1, 0.15) is 5.75 Å². The highest BCUT2D eigenvalue weighted by molar-refractivity contribution is 7.16. The van der Waals surface area contributed by atoms with Crippen LogP contribution in [0, 0.1) is 11.3 Å². The third-order valence-corrected chi connectivity index (χ3v) is 7.28. The molecule has 1 aliphatic rings. The minimum absolute atomic E-state index is 0.0763. The first-order valence-corrected chi connectivity index (χ1v) is 12.7. The van der Waals surface area contributed by atoms with Crippen LogP contribution in [-0.2, 0) is 24.2 Å². The van der Waals surface area contributed by atoms with Gasteiger partial charge in [0.2, 0.25) is 5.91 Å². The summed E-state index contributed by atoms with van der Waals surface area (Å²) in [6.07, 6.45) is 3.48. The van der Waals surface area contributed by atoms with E-state index in [9.17, 15) is 9.59 Å². The molecule has 1 aliphatic heterocycles. The van der Waals surface area contributed by atoms with Crippen LogP contribution in [0.4, 0.5) is 9.80 Å². The van der Waals surface area contributed by atoms with Crippen molar-refractivity contribution in [3.8, 4) is 11.8 Å². The van der Waals surface area contributed by atoms with Crippen molar-refractivity contribution >= 4 is 28.3 Å². The summed E-state index contributed by atoms with van der Waals surface area (Å²) >= 11 is 1.52.